The van der Waals surface area contributed by atoms with Crippen LogP contribution in [0.4, 0.5) is 5.69 Å². The highest BCUT2D eigenvalue weighted by Gasteiger charge is 2.77. The Morgan fingerprint density at radius 3 is 2.63 bits per heavy atom. The lowest BCUT2D eigenvalue weighted by Gasteiger charge is -2.37. The third kappa shape index (κ3) is 5.18. The van der Waals surface area contributed by atoms with Gasteiger partial charge < -0.3 is 24.4 Å². The minimum atomic E-state index is -1.17. The zero-order chi connectivity index (χ0) is 27.4. The van der Waals surface area contributed by atoms with Crippen LogP contribution in [-0.2, 0) is 23.9 Å². The number of rotatable bonds is 13. The summed E-state index contributed by atoms with van der Waals surface area (Å²) in [7, 11) is 0. The number of halogens is 2. The van der Waals surface area contributed by atoms with Crippen molar-refractivity contribution in [3.63, 3.8) is 0 Å². The Bertz CT molecular complexity index is 1070. The molecular formula is C28H34BrClN2O6. The minimum absolute atomic E-state index is 0.0568. The van der Waals surface area contributed by atoms with Gasteiger partial charge in [0.2, 0.25) is 5.91 Å². The number of hydrogen-bond donors (Lipinski definition) is 1. The normalized spacial score (nSPS) is 29.3. The molecule has 10 heteroatoms. The van der Waals surface area contributed by atoms with Crippen molar-refractivity contribution in [1.29, 1.82) is 0 Å². The zero-order valence-corrected chi connectivity index (χ0v) is 23.6. The number of nitrogens with zero attached hydrogens (tertiary/aromatic N) is 2. The lowest BCUT2D eigenvalue weighted by Crippen LogP contribution is -2.57. The summed E-state index contributed by atoms with van der Waals surface area (Å²) < 4.78 is 12.0. The number of carbonyl (C=O) groups is 3. The summed E-state index contributed by atoms with van der Waals surface area (Å²) in [6, 6.07) is 5.98. The molecular weight excluding hydrogens is 576 g/mol. The quantitative estimate of drug-likeness (QED) is 0.158. The molecule has 0 saturated carbocycles. The minimum Gasteiger partial charge on any atom is -0.465 e. The van der Waals surface area contributed by atoms with Crippen LogP contribution in [-0.4, -0.2) is 76.7 Å². The first-order valence-electron chi connectivity index (χ1n) is 13.0. The third-order valence-corrected chi connectivity index (χ3v) is 8.73. The van der Waals surface area contributed by atoms with Crippen LogP contribution in [0.3, 0.4) is 0 Å². The third-order valence-electron chi connectivity index (χ3n) is 7.63. The van der Waals surface area contributed by atoms with Crippen molar-refractivity contribution < 1.29 is 29.0 Å². The van der Waals surface area contributed by atoms with Gasteiger partial charge in [0.1, 0.15) is 11.6 Å². The SMILES string of the molecule is C=CCCOC(=O)[C@H]1[C@H]2C(=O)N(CCCCCO)C(C(=O)N(CC=C)c3ccc(Cl)cc3)C23CC(Br)[C@@H]1O3. The predicted octanol–water partition coefficient (Wildman–Crippen LogP) is 3.89. The lowest BCUT2D eigenvalue weighted by molar-refractivity contribution is -0.154. The van der Waals surface area contributed by atoms with Gasteiger partial charge in [-0.15, -0.1) is 13.2 Å². The van der Waals surface area contributed by atoms with Crippen LogP contribution in [0.2, 0.25) is 5.02 Å². The highest BCUT2D eigenvalue weighted by atomic mass is 79.9. The summed E-state index contributed by atoms with van der Waals surface area (Å²) in [5.41, 5.74) is -0.548. The van der Waals surface area contributed by atoms with Crippen LogP contribution in [0.15, 0.2) is 49.6 Å². The van der Waals surface area contributed by atoms with Gasteiger partial charge in [0.25, 0.3) is 5.91 Å². The summed E-state index contributed by atoms with van der Waals surface area (Å²) in [5, 5.41) is 9.75. The number of amides is 2. The van der Waals surface area contributed by atoms with Crippen LogP contribution in [0.1, 0.15) is 32.1 Å². The molecule has 3 heterocycles. The molecule has 38 heavy (non-hydrogen) atoms. The topological polar surface area (TPSA) is 96.4 Å². The molecule has 6 atom stereocenters. The number of esters is 1. The van der Waals surface area contributed by atoms with Gasteiger partial charge in [0.15, 0.2) is 0 Å². The number of benzene rings is 1. The summed E-state index contributed by atoms with van der Waals surface area (Å²) in [5.74, 6) is -2.69. The van der Waals surface area contributed by atoms with E-state index in [1.807, 2.05) is 0 Å². The molecule has 8 nitrogen and oxygen atoms in total. The average Bonchev–Trinajstić information content (AvgIpc) is 3.49. The molecule has 3 fully saturated rings. The molecule has 0 radical (unpaired) electrons. The average molecular weight is 610 g/mol. The molecule has 3 aliphatic rings. The molecule has 1 N–H and O–H groups in total. The Balaban J connectivity index is 1.72. The molecule has 0 aliphatic carbocycles. The van der Waals surface area contributed by atoms with Crippen molar-refractivity contribution in [1.82, 2.24) is 4.90 Å². The number of aliphatic hydroxyl groups is 1. The van der Waals surface area contributed by atoms with Gasteiger partial charge in [-0.2, -0.15) is 0 Å². The van der Waals surface area contributed by atoms with Crippen LogP contribution < -0.4 is 4.90 Å². The Hall–Kier alpha value is -2.20. The molecule has 1 spiro atoms. The Morgan fingerprint density at radius 2 is 1.97 bits per heavy atom. The van der Waals surface area contributed by atoms with Crippen LogP contribution in [0.25, 0.3) is 0 Å². The summed E-state index contributed by atoms with van der Waals surface area (Å²) in [4.78, 5) is 44.6. The van der Waals surface area contributed by atoms with Crippen LogP contribution in [0, 0.1) is 11.8 Å². The zero-order valence-electron chi connectivity index (χ0n) is 21.3. The maximum absolute atomic E-state index is 14.4. The lowest BCUT2D eigenvalue weighted by atomic mass is 9.70. The smallest absolute Gasteiger partial charge is 0.312 e. The van der Waals surface area contributed by atoms with Gasteiger partial charge in [0.05, 0.1) is 24.5 Å². The second-order valence-electron chi connectivity index (χ2n) is 9.94. The van der Waals surface area contributed by atoms with Crippen molar-refractivity contribution in [2.75, 3.05) is 31.2 Å². The Kier molecular flexibility index (Phi) is 9.34. The number of hydrogen-bond acceptors (Lipinski definition) is 6. The molecule has 2 bridgehead atoms. The first-order valence-corrected chi connectivity index (χ1v) is 14.3. The number of ether oxygens (including phenoxy) is 2. The number of carbonyl (C=O) groups excluding carboxylic acids is 3. The van der Waals surface area contributed by atoms with Gasteiger partial charge in [-0.1, -0.05) is 39.7 Å². The maximum Gasteiger partial charge on any atom is 0.312 e. The molecule has 1 aromatic carbocycles. The van der Waals surface area contributed by atoms with Gasteiger partial charge in [-0.3, -0.25) is 14.4 Å². The molecule has 3 aliphatic heterocycles. The Labute approximate surface area is 236 Å². The van der Waals surface area contributed by atoms with E-state index in [9.17, 15) is 19.5 Å². The molecule has 3 saturated heterocycles. The monoisotopic (exact) mass is 608 g/mol. The number of likely N-dealkylation sites (tertiary alicyclic amines) is 1. The van der Waals surface area contributed by atoms with Gasteiger partial charge in [-0.25, -0.2) is 0 Å². The van der Waals surface area contributed by atoms with E-state index < -0.39 is 35.6 Å². The summed E-state index contributed by atoms with van der Waals surface area (Å²) >= 11 is 9.75. The van der Waals surface area contributed by atoms with Crippen LogP contribution >= 0.6 is 27.5 Å². The largest absolute Gasteiger partial charge is 0.465 e. The predicted molar refractivity (Wildman–Crippen MR) is 148 cm³/mol. The molecule has 2 amide bonds. The number of aliphatic hydroxyl groups excluding tert-OH is 1. The molecule has 0 aromatic heterocycles. The number of alkyl halides is 1. The molecule has 1 aromatic rings. The molecule has 4 rings (SSSR count). The molecule has 206 valence electrons. The van der Waals surface area contributed by atoms with Crippen molar-refractivity contribution in [2.45, 2.75) is 54.7 Å². The highest BCUT2D eigenvalue weighted by Crippen LogP contribution is 2.60. The van der Waals surface area contributed by atoms with Crippen LogP contribution in [0.5, 0.6) is 0 Å². The van der Waals surface area contributed by atoms with E-state index in [4.69, 9.17) is 21.1 Å². The standard InChI is InChI=1S/C28H34BrClN2O6/c1-3-5-16-37-27(36)21-22-25(34)32(14-7-6-8-15-33)24(28(22)17-20(29)23(21)38-28)26(35)31(13-4-2)19-11-9-18(30)10-12-19/h3-4,9-12,20-24,33H,1-2,5-8,13-17H2/t20?,21-,22-,23-,24?,28?/m0/s1. The highest BCUT2D eigenvalue weighted by molar-refractivity contribution is 9.09. The first-order chi connectivity index (χ1) is 18.3. The van der Waals surface area contributed by atoms with E-state index in [0.717, 1.165) is 0 Å². The van der Waals surface area contributed by atoms with Gasteiger partial charge in [-0.05, 0) is 56.4 Å². The van der Waals surface area contributed by atoms with Crippen molar-refractivity contribution >= 4 is 51.0 Å². The van der Waals surface area contributed by atoms with E-state index in [1.165, 1.54) is 0 Å². The summed E-state index contributed by atoms with van der Waals surface area (Å²) in [6.45, 7) is 8.24. The maximum atomic E-state index is 14.4. The second kappa shape index (κ2) is 12.3. The van der Waals surface area contributed by atoms with E-state index >= 15 is 0 Å². The fraction of sp³-hybridized carbons (Fsp3) is 0.536. The Morgan fingerprint density at radius 1 is 1.24 bits per heavy atom. The van der Waals surface area contributed by atoms with Crippen molar-refractivity contribution in [3.05, 3.63) is 54.6 Å². The molecule has 3 unspecified atom stereocenters. The first kappa shape index (κ1) is 28.8. The van der Waals surface area contributed by atoms with Gasteiger partial charge in [0, 0.05) is 35.2 Å². The fourth-order valence-corrected chi connectivity index (χ4v) is 7.12. The second-order valence-corrected chi connectivity index (χ2v) is 11.6. The van der Waals surface area contributed by atoms with E-state index in [2.05, 4.69) is 29.1 Å². The number of fused-ring (bicyclic) bond motifs is 1. The van der Waals surface area contributed by atoms with E-state index in [1.54, 1.807) is 46.2 Å². The van der Waals surface area contributed by atoms with Crippen molar-refractivity contribution in [3.8, 4) is 0 Å². The number of unbranched alkanes of at least 4 members (excludes halogenated alkanes) is 2. The fourth-order valence-electron chi connectivity index (χ4n) is 6.05. The number of anilines is 1. The van der Waals surface area contributed by atoms with E-state index in [0.29, 0.717) is 49.4 Å². The van der Waals surface area contributed by atoms with Gasteiger partial charge >= 0.3 is 5.97 Å². The van der Waals surface area contributed by atoms with Crippen molar-refractivity contribution in [2.24, 2.45) is 11.8 Å². The summed E-state index contributed by atoms with van der Waals surface area (Å²) in [6.07, 6.45) is 5.54. The van der Waals surface area contributed by atoms with E-state index in [-0.39, 0.29) is 36.4 Å².